The van der Waals surface area contributed by atoms with Crippen molar-refractivity contribution in [2.45, 2.75) is 12.8 Å². The van der Waals surface area contributed by atoms with Crippen molar-refractivity contribution < 1.29 is 13.6 Å². The Balaban J connectivity index is 1.79. The zero-order valence-corrected chi connectivity index (χ0v) is 15.5. The zero-order chi connectivity index (χ0) is 19.6. The lowest BCUT2D eigenvalue weighted by atomic mass is 10.1. The van der Waals surface area contributed by atoms with Gasteiger partial charge in [-0.25, -0.2) is 8.78 Å². The number of hydrogen-bond donors (Lipinski definition) is 3. The third-order valence-electron chi connectivity index (χ3n) is 4.04. The van der Waals surface area contributed by atoms with Crippen LogP contribution in [0.1, 0.15) is 21.5 Å². The van der Waals surface area contributed by atoms with E-state index in [4.69, 9.17) is 0 Å². The molecule has 0 atom stereocenters. The average Bonchev–Trinajstić information content (AvgIpc) is 2.69. The number of hydrogen-bond acceptors (Lipinski definition) is 2. The molecule has 0 aliphatic heterocycles. The smallest absolute Gasteiger partial charge is 0.251 e. The van der Waals surface area contributed by atoms with Gasteiger partial charge in [0.25, 0.3) is 5.91 Å². The average molecular weight is 374 g/mol. The number of carbonyl (C=O) groups is 1. The summed E-state index contributed by atoms with van der Waals surface area (Å²) >= 11 is 0. The van der Waals surface area contributed by atoms with Crippen molar-refractivity contribution in [3.05, 3.63) is 70.8 Å². The van der Waals surface area contributed by atoms with E-state index < -0.39 is 11.6 Å². The molecule has 0 unspecified atom stereocenters. The fraction of sp³-hybridized carbons (Fsp3) is 0.300. The second kappa shape index (κ2) is 10.3. The molecule has 0 radical (unpaired) electrons. The van der Waals surface area contributed by atoms with E-state index in [1.807, 2.05) is 18.2 Å². The number of guanidine groups is 1. The first-order valence-electron chi connectivity index (χ1n) is 8.73. The van der Waals surface area contributed by atoms with Crippen LogP contribution in [-0.2, 0) is 12.8 Å². The van der Waals surface area contributed by atoms with Crippen molar-refractivity contribution >= 4 is 11.9 Å². The topological polar surface area (TPSA) is 65.5 Å². The molecule has 7 heteroatoms. The van der Waals surface area contributed by atoms with Gasteiger partial charge in [0, 0.05) is 32.7 Å². The molecule has 0 aromatic heterocycles. The van der Waals surface area contributed by atoms with Gasteiger partial charge in [0.2, 0.25) is 0 Å². The number of aliphatic imine (C=N–C) groups is 1. The van der Waals surface area contributed by atoms with Gasteiger partial charge >= 0.3 is 0 Å². The molecule has 0 aliphatic carbocycles. The maximum absolute atomic E-state index is 13.6. The largest absolute Gasteiger partial charge is 0.356 e. The molecule has 0 aliphatic rings. The Kier molecular flexibility index (Phi) is 7.73. The molecule has 2 aromatic rings. The third kappa shape index (κ3) is 6.36. The Morgan fingerprint density at radius 2 is 1.78 bits per heavy atom. The third-order valence-corrected chi connectivity index (χ3v) is 4.04. The van der Waals surface area contributed by atoms with Crippen LogP contribution in [-0.4, -0.2) is 39.1 Å². The molecule has 0 bridgehead atoms. The van der Waals surface area contributed by atoms with Crippen molar-refractivity contribution in [2.75, 3.05) is 27.2 Å². The predicted molar refractivity (Wildman–Crippen MR) is 103 cm³/mol. The van der Waals surface area contributed by atoms with Gasteiger partial charge in [-0.15, -0.1) is 0 Å². The van der Waals surface area contributed by atoms with E-state index in [0.29, 0.717) is 43.0 Å². The molecule has 144 valence electrons. The van der Waals surface area contributed by atoms with Crippen LogP contribution in [0.3, 0.4) is 0 Å². The monoisotopic (exact) mass is 374 g/mol. The van der Waals surface area contributed by atoms with Gasteiger partial charge in [0.15, 0.2) is 5.96 Å². The van der Waals surface area contributed by atoms with Crippen LogP contribution < -0.4 is 16.0 Å². The Labute approximate surface area is 157 Å². The number of nitrogens with one attached hydrogen (secondary N) is 3. The normalized spacial score (nSPS) is 11.2. The molecule has 0 spiro atoms. The van der Waals surface area contributed by atoms with Crippen molar-refractivity contribution in [1.82, 2.24) is 16.0 Å². The fourth-order valence-corrected chi connectivity index (χ4v) is 2.61. The molecule has 0 fully saturated rings. The number of amides is 1. The van der Waals surface area contributed by atoms with E-state index >= 15 is 0 Å². The van der Waals surface area contributed by atoms with E-state index in [9.17, 15) is 13.6 Å². The summed E-state index contributed by atoms with van der Waals surface area (Å²) in [5.74, 6) is -0.411. The van der Waals surface area contributed by atoms with E-state index in [2.05, 4.69) is 20.9 Å². The second-order valence-electron chi connectivity index (χ2n) is 5.94. The van der Waals surface area contributed by atoms with E-state index in [1.54, 1.807) is 20.2 Å². The van der Waals surface area contributed by atoms with Gasteiger partial charge < -0.3 is 16.0 Å². The minimum Gasteiger partial charge on any atom is -0.356 e. The van der Waals surface area contributed by atoms with Gasteiger partial charge in [-0.2, -0.15) is 0 Å². The SMILES string of the molecule is CN=C(NCCc1cccc(C(=O)NC)c1)NCCc1cc(F)ccc1F. The predicted octanol–water partition coefficient (Wildman–Crippen LogP) is 2.27. The number of benzene rings is 2. The van der Waals surface area contributed by atoms with Crippen LogP contribution in [0.2, 0.25) is 0 Å². The molecule has 0 heterocycles. The Morgan fingerprint density at radius 3 is 2.48 bits per heavy atom. The van der Waals surface area contributed by atoms with Crippen LogP contribution >= 0.6 is 0 Å². The first-order chi connectivity index (χ1) is 13.0. The minimum absolute atomic E-state index is 0.119. The number of halogens is 2. The van der Waals surface area contributed by atoms with Crippen molar-refractivity contribution in [1.29, 1.82) is 0 Å². The molecule has 5 nitrogen and oxygen atoms in total. The van der Waals surface area contributed by atoms with Crippen LogP contribution in [0.15, 0.2) is 47.5 Å². The zero-order valence-electron chi connectivity index (χ0n) is 15.5. The highest BCUT2D eigenvalue weighted by Crippen LogP contribution is 2.09. The Morgan fingerprint density at radius 1 is 1.04 bits per heavy atom. The van der Waals surface area contributed by atoms with Crippen molar-refractivity contribution in [2.24, 2.45) is 4.99 Å². The summed E-state index contributed by atoms with van der Waals surface area (Å²) in [6.45, 7) is 1.04. The standard InChI is InChI=1S/C20H24F2N4O/c1-23-19(27)16-5-3-4-14(12-16)8-10-25-20(24-2)26-11-9-15-13-17(21)6-7-18(15)22/h3-7,12-13H,8-11H2,1-2H3,(H,23,27)(H2,24,25,26). The van der Waals surface area contributed by atoms with Gasteiger partial charge in [-0.3, -0.25) is 9.79 Å². The summed E-state index contributed by atoms with van der Waals surface area (Å²) in [6.07, 6.45) is 1.06. The highest BCUT2D eigenvalue weighted by atomic mass is 19.1. The Bertz CT molecular complexity index is 808. The fourth-order valence-electron chi connectivity index (χ4n) is 2.61. The molecule has 0 saturated carbocycles. The van der Waals surface area contributed by atoms with E-state index in [0.717, 1.165) is 17.7 Å². The van der Waals surface area contributed by atoms with Gasteiger partial charge in [-0.05, 0) is 54.3 Å². The van der Waals surface area contributed by atoms with E-state index in [1.165, 1.54) is 6.07 Å². The van der Waals surface area contributed by atoms with Gasteiger partial charge in [0.05, 0.1) is 0 Å². The molecular weight excluding hydrogens is 350 g/mol. The quantitative estimate of drug-likeness (QED) is 0.515. The highest BCUT2D eigenvalue weighted by Gasteiger charge is 2.06. The summed E-state index contributed by atoms with van der Waals surface area (Å²) < 4.78 is 26.8. The molecule has 27 heavy (non-hydrogen) atoms. The lowest BCUT2D eigenvalue weighted by Crippen LogP contribution is -2.39. The molecule has 3 N–H and O–H groups in total. The molecule has 2 rings (SSSR count). The van der Waals surface area contributed by atoms with Crippen LogP contribution in [0.25, 0.3) is 0 Å². The number of rotatable bonds is 7. The van der Waals surface area contributed by atoms with Crippen LogP contribution in [0, 0.1) is 11.6 Å². The molecule has 1 amide bonds. The van der Waals surface area contributed by atoms with Crippen molar-refractivity contribution in [3.63, 3.8) is 0 Å². The minimum atomic E-state index is -0.451. The lowest BCUT2D eigenvalue weighted by molar-refractivity contribution is 0.0963. The molecular formula is C20H24F2N4O. The maximum Gasteiger partial charge on any atom is 0.251 e. The summed E-state index contributed by atoms with van der Waals surface area (Å²) in [4.78, 5) is 15.8. The molecule has 2 aromatic carbocycles. The number of carbonyl (C=O) groups excluding carboxylic acids is 1. The van der Waals surface area contributed by atoms with Crippen molar-refractivity contribution in [3.8, 4) is 0 Å². The van der Waals surface area contributed by atoms with Crippen LogP contribution in [0.4, 0.5) is 8.78 Å². The molecule has 0 saturated heterocycles. The van der Waals surface area contributed by atoms with Gasteiger partial charge in [0.1, 0.15) is 11.6 Å². The lowest BCUT2D eigenvalue weighted by Gasteiger charge is -2.12. The maximum atomic E-state index is 13.6. The second-order valence-corrected chi connectivity index (χ2v) is 5.94. The van der Waals surface area contributed by atoms with Gasteiger partial charge in [-0.1, -0.05) is 12.1 Å². The summed E-state index contributed by atoms with van der Waals surface area (Å²) in [7, 11) is 3.24. The summed E-state index contributed by atoms with van der Waals surface area (Å²) in [6, 6.07) is 10.9. The first kappa shape index (κ1) is 20.4. The highest BCUT2D eigenvalue weighted by molar-refractivity contribution is 5.94. The van der Waals surface area contributed by atoms with E-state index in [-0.39, 0.29) is 5.91 Å². The number of nitrogens with zero attached hydrogens (tertiary/aromatic N) is 1. The summed E-state index contributed by atoms with van der Waals surface area (Å²) in [5, 5.41) is 8.84. The first-order valence-corrected chi connectivity index (χ1v) is 8.73. The van der Waals surface area contributed by atoms with Crippen LogP contribution in [0.5, 0.6) is 0 Å². The Hall–Kier alpha value is -2.96. The summed E-state index contributed by atoms with van der Waals surface area (Å²) in [5.41, 5.74) is 1.97.